The number of hydrogen-bond acceptors (Lipinski definition) is 5. The minimum atomic E-state index is -0.272. The zero-order chi connectivity index (χ0) is 24.1. The lowest BCUT2D eigenvalue weighted by Crippen LogP contribution is -2.51. The molecule has 6 rings (SSSR count). The highest BCUT2D eigenvalue weighted by molar-refractivity contribution is 6.30. The molecule has 9 nitrogen and oxygen atoms in total. The van der Waals surface area contributed by atoms with Gasteiger partial charge in [0.1, 0.15) is 11.5 Å². The van der Waals surface area contributed by atoms with Gasteiger partial charge in [-0.3, -0.25) is 9.08 Å². The van der Waals surface area contributed by atoms with Crippen molar-refractivity contribution in [3.8, 4) is 11.4 Å². The number of amides is 1. The first-order chi connectivity index (χ1) is 17.0. The molecule has 0 spiro atoms. The highest BCUT2D eigenvalue weighted by Crippen LogP contribution is 2.31. The first-order valence-electron chi connectivity index (χ1n) is 11.6. The van der Waals surface area contributed by atoms with E-state index in [2.05, 4.69) is 37.4 Å². The van der Waals surface area contributed by atoms with Crippen molar-refractivity contribution >= 4 is 34.4 Å². The predicted octanol–water partition coefficient (Wildman–Crippen LogP) is 4.57. The number of benzene rings is 1. The van der Waals surface area contributed by atoms with E-state index >= 15 is 0 Å². The number of nitrogens with zero attached hydrogens (tertiary/aromatic N) is 7. The van der Waals surface area contributed by atoms with Crippen molar-refractivity contribution in [3.63, 3.8) is 0 Å². The Balaban J connectivity index is 1.40. The normalized spacial score (nSPS) is 14.1. The Morgan fingerprint density at radius 3 is 2.77 bits per heavy atom. The van der Waals surface area contributed by atoms with Gasteiger partial charge in [0.25, 0.3) is 0 Å². The maximum absolute atomic E-state index is 11.9. The Morgan fingerprint density at radius 1 is 1.11 bits per heavy atom. The molecule has 5 heterocycles. The number of likely N-dealkylation sites (tertiary alicyclic amines) is 1. The molecular formula is C25H24ClN7O2. The molecule has 0 N–H and O–H groups in total. The van der Waals surface area contributed by atoms with Crippen LogP contribution in [0.3, 0.4) is 0 Å². The van der Waals surface area contributed by atoms with E-state index < -0.39 is 0 Å². The number of carbonyl (C=O) groups is 1. The van der Waals surface area contributed by atoms with Gasteiger partial charge in [-0.2, -0.15) is 5.10 Å². The van der Waals surface area contributed by atoms with Crippen molar-refractivity contribution in [3.05, 3.63) is 71.1 Å². The highest BCUT2D eigenvalue weighted by atomic mass is 35.5. The first kappa shape index (κ1) is 21.7. The summed E-state index contributed by atoms with van der Waals surface area (Å²) in [5, 5.41) is 14.1. The summed E-state index contributed by atoms with van der Waals surface area (Å²) in [6.07, 6.45) is 1.70. The standard InChI is InChI=1S/C25H24ClN7O2/c1-3-35-25(34)30-14-19(15-30)32-10-9-20(29-32)22-12-23-21(7-8-24-28-27-16(2)33(23)24)31(22)13-17-5-4-6-18(26)11-17/h4-12,19H,3,13-15H2,1-2H3. The van der Waals surface area contributed by atoms with Gasteiger partial charge in [0, 0.05) is 30.9 Å². The zero-order valence-corrected chi connectivity index (χ0v) is 20.2. The molecule has 0 unspecified atom stereocenters. The van der Waals surface area contributed by atoms with E-state index in [1.54, 1.807) is 4.90 Å². The summed E-state index contributed by atoms with van der Waals surface area (Å²) < 4.78 is 11.3. The van der Waals surface area contributed by atoms with Gasteiger partial charge in [0.2, 0.25) is 0 Å². The van der Waals surface area contributed by atoms with Crippen molar-refractivity contribution in [2.75, 3.05) is 19.7 Å². The van der Waals surface area contributed by atoms with E-state index in [0.717, 1.165) is 39.5 Å². The molecule has 1 fully saturated rings. The molecule has 178 valence electrons. The lowest BCUT2D eigenvalue weighted by atomic mass is 10.1. The molecule has 1 aliphatic heterocycles. The van der Waals surface area contributed by atoms with Crippen LogP contribution in [0.25, 0.3) is 28.1 Å². The Morgan fingerprint density at radius 2 is 1.97 bits per heavy atom. The number of ether oxygens (including phenoxy) is 1. The molecule has 1 amide bonds. The molecule has 4 aromatic heterocycles. The second-order valence-corrected chi connectivity index (χ2v) is 9.17. The van der Waals surface area contributed by atoms with Crippen LogP contribution < -0.4 is 0 Å². The maximum Gasteiger partial charge on any atom is 0.409 e. The van der Waals surface area contributed by atoms with Crippen LogP contribution >= 0.6 is 11.6 Å². The Kier molecular flexibility index (Phi) is 5.21. The molecule has 35 heavy (non-hydrogen) atoms. The number of hydrogen-bond donors (Lipinski definition) is 0. The van der Waals surface area contributed by atoms with Crippen LogP contribution in [-0.2, 0) is 11.3 Å². The summed E-state index contributed by atoms with van der Waals surface area (Å²) in [4.78, 5) is 13.6. The van der Waals surface area contributed by atoms with Gasteiger partial charge in [0.05, 0.1) is 29.4 Å². The molecule has 1 aromatic carbocycles. The highest BCUT2D eigenvalue weighted by Gasteiger charge is 2.33. The van der Waals surface area contributed by atoms with Gasteiger partial charge < -0.3 is 14.2 Å². The summed E-state index contributed by atoms with van der Waals surface area (Å²) in [5.74, 6) is 0.830. The molecule has 0 saturated carbocycles. The number of aromatic nitrogens is 6. The van der Waals surface area contributed by atoms with Crippen LogP contribution in [0, 0.1) is 6.92 Å². The summed E-state index contributed by atoms with van der Waals surface area (Å²) in [6, 6.07) is 16.2. The van der Waals surface area contributed by atoms with Crippen molar-refractivity contribution in [2.45, 2.75) is 26.4 Å². The van der Waals surface area contributed by atoms with Crippen LogP contribution in [0.5, 0.6) is 0 Å². The summed E-state index contributed by atoms with van der Waals surface area (Å²) in [5.41, 5.74) is 5.83. The summed E-state index contributed by atoms with van der Waals surface area (Å²) in [6.45, 7) is 5.96. The zero-order valence-electron chi connectivity index (χ0n) is 19.4. The minimum absolute atomic E-state index is 0.130. The quantitative estimate of drug-likeness (QED) is 0.361. The third kappa shape index (κ3) is 3.72. The molecular weight excluding hydrogens is 466 g/mol. The van der Waals surface area contributed by atoms with Crippen LogP contribution in [0.15, 0.2) is 54.7 Å². The van der Waals surface area contributed by atoms with Gasteiger partial charge in [-0.1, -0.05) is 23.7 Å². The predicted molar refractivity (Wildman–Crippen MR) is 133 cm³/mol. The van der Waals surface area contributed by atoms with Crippen molar-refractivity contribution in [1.29, 1.82) is 0 Å². The Labute approximate surface area is 206 Å². The van der Waals surface area contributed by atoms with Gasteiger partial charge >= 0.3 is 6.09 Å². The van der Waals surface area contributed by atoms with E-state index in [4.69, 9.17) is 21.4 Å². The van der Waals surface area contributed by atoms with Gasteiger partial charge in [-0.25, -0.2) is 4.79 Å². The fourth-order valence-electron chi connectivity index (χ4n) is 4.71. The molecule has 0 atom stereocenters. The fourth-order valence-corrected chi connectivity index (χ4v) is 4.92. The molecule has 0 radical (unpaired) electrons. The second-order valence-electron chi connectivity index (χ2n) is 8.73. The molecule has 0 bridgehead atoms. The average Bonchev–Trinajstić information content (AvgIpc) is 3.51. The van der Waals surface area contributed by atoms with E-state index in [1.165, 1.54) is 0 Å². The summed E-state index contributed by atoms with van der Waals surface area (Å²) >= 11 is 6.28. The number of halogens is 1. The Hall–Kier alpha value is -3.85. The molecule has 1 aliphatic rings. The SMILES string of the molecule is CCOC(=O)N1CC(n2ccc(-c3cc4c(ccc5nnc(C)n54)n3Cc3cccc(Cl)c3)n2)C1. The lowest BCUT2D eigenvalue weighted by Gasteiger charge is -2.38. The second kappa shape index (κ2) is 8.42. The number of fused-ring (bicyclic) bond motifs is 3. The number of carbonyl (C=O) groups excluding carboxylic acids is 1. The van der Waals surface area contributed by atoms with E-state index in [1.807, 2.05) is 55.1 Å². The maximum atomic E-state index is 11.9. The van der Waals surface area contributed by atoms with Gasteiger partial charge in [-0.15, -0.1) is 10.2 Å². The van der Waals surface area contributed by atoms with Crippen molar-refractivity contribution < 1.29 is 9.53 Å². The van der Waals surface area contributed by atoms with Gasteiger partial charge in [-0.05, 0) is 55.8 Å². The summed E-state index contributed by atoms with van der Waals surface area (Å²) in [7, 11) is 0. The smallest absolute Gasteiger partial charge is 0.409 e. The third-order valence-electron chi connectivity index (χ3n) is 6.46. The molecule has 1 saturated heterocycles. The van der Waals surface area contributed by atoms with Crippen molar-refractivity contribution in [2.24, 2.45) is 0 Å². The van der Waals surface area contributed by atoms with Crippen LogP contribution in [0.2, 0.25) is 5.02 Å². The van der Waals surface area contributed by atoms with Crippen LogP contribution in [0.4, 0.5) is 4.79 Å². The molecule has 5 aromatic rings. The molecule has 0 aliphatic carbocycles. The molecule has 10 heteroatoms. The van der Waals surface area contributed by atoms with E-state index in [0.29, 0.717) is 31.3 Å². The topological polar surface area (TPSA) is 82.5 Å². The van der Waals surface area contributed by atoms with Crippen LogP contribution in [-0.4, -0.2) is 59.6 Å². The van der Waals surface area contributed by atoms with E-state index in [9.17, 15) is 4.79 Å². The average molecular weight is 490 g/mol. The minimum Gasteiger partial charge on any atom is -0.450 e. The number of rotatable bonds is 5. The Bertz CT molecular complexity index is 1560. The van der Waals surface area contributed by atoms with E-state index in [-0.39, 0.29) is 12.1 Å². The monoisotopic (exact) mass is 489 g/mol. The number of pyridine rings is 1. The largest absolute Gasteiger partial charge is 0.450 e. The third-order valence-corrected chi connectivity index (χ3v) is 6.70. The van der Waals surface area contributed by atoms with Crippen molar-refractivity contribution in [1.82, 2.24) is 33.8 Å². The fraction of sp³-hybridized carbons (Fsp3) is 0.280. The number of aryl methyl sites for hydroxylation is 1. The van der Waals surface area contributed by atoms with Gasteiger partial charge in [0.15, 0.2) is 5.65 Å². The first-order valence-corrected chi connectivity index (χ1v) is 11.9. The lowest BCUT2D eigenvalue weighted by molar-refractivity contribution is 0.0570. The van der Waals surface area contributed by atoms with Crippen LogP contribution in [0.1, 0.15) is 24.4 Å².